The van der Waals surface area contributed by atoms with Crippen LogP contribution in [0.15, 0.2) is 18.5 Å². The highest BCUT2D eigenvalue weighted by molar-refractivity contribution is 5.76. The number of aliphatic hydroxyl groups is 1. The average molecular weight is 280 g/mol. The maximum atomic E-state index is 13.0. The van der Waals surface area contributed by atoms with Gasteiger partial charge in [0.05, 0.1) is 12.8 Å². The van der Waals surface area contributed by atoms with E-state index in [4.69, 9.17) is 0 Å². The topological polar surface area (TPSA) is 62.2 Å². The summed E-state index contributed by atoms with van der Waals surface area (Å²) in [6.07, 6.45) is 6.36. The summed E-state index contributed by atoms with van der Waals surface area (Å²) < 4.78 is 13.0. The van der Waals surface area contributed by atoms with E-state index in [1.165, 1.54) is 6.07 Å². The lowest BCUT2D eigenvalue weighted by atomic mass is 9.85. The highest BCUT2D eigenvalue weighted by Crippen LogP contribution is 2.37. The molecule has 0 spiro atoms. The molecule has 2 atom stereocenters. The molecule has 2 N–H and O–H groups in total. The van der Waals surface area contributed by atoms with Crippen LogP contribution in [0, 0.1) is 11.2 Å². The van der Waals surface area contributed by atoms with Gasteiger partial charge < -0.3 is 10.4 Å². The number of amides is 1. The van der Waals surface area contributed by atoms with E-state index >= 15 is 0 Å². The van der Waals surface area contributed by atoms with Gasteiger partial charge in [0.1, 0.15) is 5.82 Å². The molecular weight excluding hydrogens is 259 g/mol. The number of carbonyl (C=O) groups is 1. The second-order valence-electron chi connectivity index (χ2n) is 5.84. The molecule has 1 aromatic rings. The summed E-state index contributed by atoms with van der Waals surface area (Å²) in [7, 11) is 0. The van der Waals surface area contributed by atoms with Crippen LogP contribution in [-0.4, -0.2) is 28.6 Å². The van der Waals surface area contributed by atoms with Crippen LogP contribution >= 0.6 is 0 Å². The molecule has 1 fully saturated rings. The number of nitrogens with zero attached hydrogens (tertiary/aromatic N) is 1. The van der Waals surface area contributed by atoms with E-state index in [-0.39, 0.29) is 29.8 Å². The molecule has 2 rings (SSSR count). The third kappa shape index (κ3) is 3.54. The lowest BCUT2D eigenvalue weighted by molar-refractivity contribution is -0.122. The zero-order valence-corrected chi connectivity index (χ0v) is 11.7. The van der Waals surface area contributed by atoms with Crippen molar-refractivity contribution in [2.24, 2.45) is 5.41 Å². The van der Waals surface area contributed by atoms with Crippen molar-refractivity contribution in [1.29, 1.82) is 0 Å². The Bertz CT molecular complexity index is 481. The van der Waals surface area contributed by atoms with Gasteiger partial charge in [-0.3, -0.25) is 9.78 Å². The van der Waals surface area contributed by atoms with Crippen molar-refractivity contribution in [2.75, 3.05) is 6.61 Å². The van der Waals surface area contributed by atoms with E-state index in [0.717, 1.165) is 31.0 Å². The smallest absolute Gasteiger partial charge is 0.220 e. The summed E-state index contributed by atoms with van der Waals surface area (Å²) in [5, 5.41) is 12.4. The summed E-state index contributed by atoms with van der Waals surface area (Å²) in [4.78, 5) is 15.7. The van der Waals surface area contributed by atoms with Crippen molar-refractivity contribution >= 4 is 5.91 Å². The van der Waals surface area contributed by atoms with Crippen LogP contribution in [0.25, 0.3) is 0 Å². The first-order valence-corrected chi connectivity index (χ1v) is 7.03. The molecule has 4 nitrogen and oxygen atoms in total. The van der Waals surface area contributed by atoms with Gasteiger partial charge in [0.25, 0.3) is 0 Å². The van der Waals surface area contributed by atoms with Crippen molar-refractivity contribution in [1.82, 2.24) is 10.3 Å². The molecule has 0 radical (unpaired) electrons. The Morgan fingerprint density at radius 2 is 2.40 bits per heavy atom. The predicted octanol–water partition coefficient (Wildman–Crippen LogP) is 1.82. The largest absolute Gasteiger partial charge is 0.396 e. The summed E-state index contributed by atoms with van der Waals surface area (Å²) in [5.41, 5.74) is 0.507. The lowest BCUT2D eigenvalue weighted by Crippen LogP contribution is -2.44. The average Bonchev–Trinajstić information content (AvgIpc) is 2.79. The molecule has 5 heteroatoms. The van der Waals surface area contributed by atoms with Crippen molar-refractivity contribution in [3.63, 3.8) is 0 Å². The lowest BCUT2D eigenvalue weighted by Gasteiger charge is -2.30. The Morgan fingerprint density at radius 3 is 3.10 bits per heavy atom. The number of halogens is 1. The molecular formula is C15H21FN2O2. The van der Waals surface area contributed by atoms with E-state index < -0.39 is 0 Å². The van der Waals surface area contributed by atoms with Gasteiger partial charge in [-0.2, -0.15) is 0 Å². The van der Waals surface area contributed by atoms with Gasteiger partial charge in [-0.1, -0.05) is 13.3 Å². The normalized spacial score (nSPS) is 25.6. The minimum Gasteiger partial charge on any atom is -0.396 e. The van der Waals surface area contributed by atoms with Gasteiger partial charge in [-0.05, 0) is 30.9 Å². The summed E-state index contributed by atoms with van der Waals surface area (Å²) >= 11 is 0. The molecule has 0 saturated heterocycles. The molecule has 0 aliphatic heterocycles. The summed E-state index contributed by atoms with van der Waals surface area (Å²) in [6, 6.07) is 1.43. The number of aromatic nitrogens is 1. The van der Waals surface area contributed by atoms with Gasteiger partial charge in [0, 0.05) is 24.1 Å². The number of aliphatic hydroxyl groups excluding tert-OH is 1. The number of hydrogen-bond acceptors (Lipinski definition) is 3. The van der Waals surface area contributed by atoms with Crippen molar-refractivity contribution in [2.45, 2.75) is 45.1 Å². The maximum absolute atomic E-state index is 13.0. The number of hydrogen-bond donors (Lipinski definition) is 2. The summed E-state index contributed by atoms with van der Waals surface area (Å²) in [6.45, 7) is 2.09. The zero-order chi connectivity index (χ0) is 14.6. The van der Waals surface area contributed by atoms with E-state index in [2.05, 4.69) is 10.3 Å². The first-order valence-electron chi connectivity index (χ1n) is 7.03. The minimum absolute atomic E-state index is 0.0330. The Hall–Kier alpha value is -1.49. The van der Waals surface area contributed by atoms with Crippen LogP contribution in [-0.2, 0) is 11.2 Å². The van der Waals surface area contributed by atoms with E-state index in [0.29, 0.717) is 12.8 Å². The second kappa shape index (κ2) is 6.31. The van der Waals surface area contributed by atoms with E-state index in [1.807, 2.05) is 6.92 Å². The van der Waals surface area contributed by atoms with Gasteiger partial charge in [0.15, 0.2) is 0 Å². The van der Waals surface area contributed by atoms with Crippen molar-refractivity contribution in [3.8, 4) is 0 Å². The number of nitrogens with one attached hydrogen (secondary N) is 1. The van der Waals surface area contributed by atoms with Gasteiger partial charge in [-0.25, -0.2) is 4.39 Å². The van der Waals surface area contributed by atoms with Gasteiger partial charge in [0.2, 0.25) is 5.91 Å². The van der Waals surface area contributed by atoms with Crippen LogP contribution in [0.2, 0.25) is 0 Å². The number of aryl methyl sites for hydroxylation is 1. The van der Waals surface area contributed by atoms with Crippen molar-refractivity contribution in [3.05, 3.63) is 29.8 Å². The Balaban J connectivity index is 1.84. The van der Waals surface area contributed by atoms with Crippen LogP contribution in [0.4, 0.5) is 4.39 Å². The molecule has 1 saturated carbocycles. The Kier molecular flexibility index (Phi) is 4.70. The quantitative estimate of drug-likeness (QED) is 0.865. The van der Waals surface area contributed by atoms with Crippen LogP contribution in [0.1, 0.15) is 38.2 Å². The highest BCUT2D eigenvalue weighted by Gasteiger charge is 2.38. The fourth-order valence-corrected chi connectivity index (χ4v) is 2.79. The Morgan fingerprint density at radius 1 is 1.60 bits per heavy atom. The Labute approximate surface area is 118 Å². The van der Waals surface area contributed by atoms with E-state index in [1.54, 1.807) is 6.20 Å². The molecule has 110 valence electrons. The van der Waals surface area contributed by atoms with Crippen molar-refractivity contribution < 1.29 is 14.3 Å². The van der Waals surface area contributed by atoms with Crippen LogP contribution in [0.5, 0.6) is 0 Å². The predicted molar refractivity (Wildman–Crippen MR) is 73.5 cm³/mol. The molecule has 20 heavy (non-hydrogen) atoms. The molecule has 1 heterocycles. The van der Waals surface area contributed by atoms with Gasteiger partial charge in [-0.15, -0.1) is 0 Å². The molecule has 0 aromatic carbocycles. The first kappa shape index (κ1) is 14.9. The standard InChI is InChI=1S/C15H21FN2O2/c1-15(10-19)6-2-3-13(15)18-14(20)5-4-11-7-12(16)9-17-8-11/h7-9,13,19H,2-6,10H2,1H3,(H,18,20). The minimum atomic E-state index is -0.383. The molecule has 0 bridgehead atoms. The third-order valence-corrected chi connectivity index (χ3v) is 4.18. The maximum Gasteiger partial charge on any atom is 0.220 e. The zero-order valence-electron chi connectivity index (χ0n) is 11.7. The fraction of sp³-hybridized carbons (Fsp3) is 0.600. The number of rotatable bonds is 5. The fourth-order valence-electron chi connectivity index (χ4n) is 2.79. The number of carbonyl (C=O) groups excluding carboxylic acids is 1. The third-order valence-electron chi connectivity index (χ3n) is 4.18. The first-order chi connectivity index (χ1) is 9.53. The second-order valence-corrected chi connectivity index (χ2v) is 5.84. The van der Waals surface area contributed by atoms with Crippen LogP contribution in [0.3, 0.4) is 0 Å². The molecule has 1 aliphatic rings. The van der Waals surface area contributed by atoms with Crippen LogP contribution < -0.4 is 5.32 Å². The highest BCUT2D eigenvalue weighted by atomic mass is 19.1. The molecule has 2 unspecified atom stereocenters. The SMILES string of the molecule is CC1(CO)CCCC1NC(=O)CCc1cncc(F)c1. The molecule has 1 aromatic heterocycles. The summed E-state index contributed by atoms with van der Waals surface area (Å²) in [5.74, 6) is -0.438. The molecule has 1 aliphatic carbocycles. The van der Waals surface area contributed by atoms with E-state index in [9.17, 15) is 14.3 Å². The molecule has 1 amide bonds. The number of pyridine rings is 1. The monoisotopic (exact) mass is 280 g/mol. The van der Waals surface area contributed by atoms with Gasteiger partial charge >= 0.3 is 0 Å².